The Balaban J connectivity index is 1.75. The van der Waals surface area contributed by atoms with Crippen LogP contribution in [0.15, 0.2) is 12.1 Å². The molecule has 2 unspecified atom stereocenters. The van der Waals surface area contributed by atoms with Crippen molar-refractivity contribution < 1.29 is 9.72 Å². The predicted octanol–water partition coefficient (Wildman–Crippen LogP) is 3.20. The number of hydrogen-bond acceptors (Lipinski definition) is 3. The van der Waals surface area contributed by atoms with Gasteiger partial charge < -0.3 is 5.32 Å². The summed E-state index contributed by atoms with van der Waals surface area (Å²) < 4.78 is 0. The van der Waals surface area contributed by atoms with Crippen molar-refractivity contribution in [2.24, 2.45) is 17.8 Å². The van der Waals surface area contributed by atoms with E-state index in [-0.39, 0.29) is 17.5 Å². The number of carbonyl (C=O) groups is 1. The molecule has 1 aromatic carbocycles. The molecule has 20 heavy (non-hydrogen) atoms. The minimum Gasteiger partial charge on any atom is -0.326 e. The Kier molecular flexibility index (Phi) is 3.00. The molecular weight excluding hydrogens is 256 g/mol. The van der Waals surface area contributed by atoms with Crippen LogP contribution in [0.4, 0.5) is 11.4 Å². The average Bonchev–Trinajstić information content (AvgIpc) is 2.99. The number of amides is 1. The number of carbonyl (C=O) groups excluding carboxylic acids is 1. The van der Waals surface area contributed by atoms with Crippen LogP contribution in [-0.4, -0.2) is 10.8 Å². The minimum atomic E-state index is -0.390. The van der Waals surface area contributed by atoms with Gasteiger partial charge in [0.25, 0.3) is 5.69 Å². The Labute approximate surface area is 117 Å². The number of nitro benzene ring substituents is 1. The fraction of sp³-hybridized carbons (Fsp3) is 0.533. The van der Waals surface area contributed by atoms with E-state index in [1.54, 1.807) is 19.9 Å². The van der Waals surface area contributed by atoms with Gasteiger partial charge in [-0.1, -0.05) is 0 Å². The first-order valence-electron chi connectivity index (χ1n) is 7.02. The third-order valence-electron chi connectivity index (χ3n) is 4.61. The lowest BCUT2D eigenvalue weighted by molar-refractivity contribution is -0.385. The van der Waals surface area contributed by atoms with E-state index in [2.05, 4.69) is 5.32 Å². The fourth-order valence-electron chi connectivity index (χ4n) is 3.30. The summed E-state index contributed by atoms with van der Waals surface area (Å²) >= 11 is 0. The van der Waals surface area contributed by atoms with Crippen molar-refractivity contribution in [3.05, 3.63) is 33.4 Å². The molecule has 0 heterocycles. The third kappa shape index (κ3) is 2.28. The van der Waals surface area contributed by atoms with Crippen LogP contribution in [0.25, 0.3) is 0 Å². The molecule has 3 rings (SSSR count). The van der Waals surface area contributed by atoms with Gasteiger partial charge in [-0.15, -0.1) is 0 Å². The zero-order valence-electron chi connectivity index (χ0n) is 11.7. The highest BCUT2D eigenvalue weighted by Crippen LogP contribution is 2.54. The monoisotopic (exact) mass is 274 g/mol. The second kappa shape index (κ2) is 4.58. The highest BCUT2D eigenvalue weighted by Gasteiger charge is 2.48. The number of benzene rings is 1. The van der Waals surface area contributed by atoms with Crippen molar-refractivity contribution in [3.8, 4) is 0 Å². The van der Waals surface area contributed by atoms with E-state index in [4.69, 9.17) is 0 Å². The summed E-state index contributed by atoms with van der Waals surface area (Å²) in [6, 6.07) is 3.22. The summed E-state index contributed by atoms with van der Waals surface area (Å²) in [5, 5.41) is 13.8. The van der Waals surface area contributed by atoms with Gasteiger partial charge in [0.15, 0.2) is 0 Å². The Bertz CT molecular complexity index is 587. The van der Waals surface area contributed by atoms with Crippen molar-refractivity contribution in [2.45, 2.75) is 33.1 Å². The molecule has 2 saturated carbocycles. The van der Waals surface area contributed by atoms with Crippen molar-refractivity contribution in [1.82, 2.24) is 0 Å². The van der Waals surface area contributed by atoms with E-state index in [9.17, 15) is 14.9 Å². The molecule has 1 aromatic rings. The first-order valence-corrected chi connectivity index (χ1v) is 7.02. The van der Waals surface area contributed by atoms with Crippen LogP contribution in [0.1, 0.15) is 30.4 Å². The molecule has 5 heteroatoms. The van der Waals surface area contributed by atoms with Gasteiger partial charge in [0.05, 0.1) is 4.92 Å². The number of nitrogens with one attached hydrogen (secondary N) is 1. The SMILES string of the molecule is Cc1cc([N+](=O)[O-])c(C)cc1NC(=O)C1CC2CC2C1. The van der Waals surface area contributed by atoms with E-state index >= 15 is 0 Å². The van der Waals surface area contributed by atoms with Crippen LogP contribution in [0.2, 0.25) is 0 Å². The quantitative estimate of drug-likeness (QED) is 0.679. The van der Waals surface area contributed by atoms with Crippen LogP contribution < -0.4 is 5.32 Å². The molecule has 106 valence electrons. The maximum absolute atomic E-state index is 12.2. The first kappa shape index (κ1) is 13.1. The van der Waals surface area contributed by atoms with Crippen molar-refractivity contribution in [1.29, 1.82) is 0 Å². The molecule has 0 radical (unpaired) electrons. The van der Waals surface area contributed by atoms with E-state index in [0.29, 0.717) is 11.3 Å². The standard InChI is InChI=1S/C15H18N2O3/c1-8-4-14(17(19)20)9(2)3-13(8)16-15(18)12-6-10-5-11(10)7-12/h3-4,10-12H,5-7H2,1-2H3,(H,16,18). The van der Waals surface area contributed by atoms with Gasteiger partial charge in [0, 0.05) is 23.2 Å². The molecule has 1 N–H and O–H groups in total. The smallest absolute Gasteiger partial charge is 0.272 e. The largest absolute Gasteiger partial charge is 0.326 e. The van der Waals surface area contributed by atoms with Gasteiger partial charge in [-0.2, -0.15) is 0 Å². The van der Waals surface area contributed by atoms with Crippen LogP contribution in [-0.2, 0) is 4.79 Å². The highest BCUT2D eigenvalue weighted by molar-refractivity contribution is 5.93. The summed E-state index contributed by atoms with van der Waals surface area (Å²) in [6.07, 6.45) is 3.29. The van der Waals surface area contributed by atoms with Gasteiger partial charge in [-0.25, -0.2) is 0 Å². The van der Waals surface area contributed by atoms with Crippen LogP contribution in [0.3, 0.4) is 0 Å². The van der Waals surface area contributed by atoms with E-state index in [1.807, 2.05) is 0 Å². The summed E-state index contributed by atoms with van der Waals surface area (Å²) in [5.41, 5.74) is 2.10. The van der Waals surface area contributed by atoms with Crippen LogP contribution in [0.5, 0.6) is 0 Å². The molecule has 0 spiro atoms. The highest BCUT2D eigenvalue weighted by atomic mass is 16.6. The maximum atomic E-state index is 12.2. The Morgan fingerprint density at radius 1 is 1.20 bits per heavy atom. The van der Waals surface area contributed by atoms with Gasteiger partial charge in [0.2, 0.25) is 5.91 Å². The second-order valence-electron chi connectivity index (χ2n) is 6.12. The number of nitrogens with zero attached hydrogens (tertiary/aromatic N) is 1. The molecule has 2 aliphatic rings. The normalized spacial score (nSPS) is 27.0. The molecule has 0 saturated heterocycles. The van der Waals surface area contributed by atoms with Crippen molar-refractivity contribution in [2.75, 3.05) is 5.32 Å². The summed E-state index contributed by atoms with van der Waals surface area (Å²) in [7, 11) is 0. The van der Waals surface area contributed by atoms with Crippen molar-refractivity contribution >= 4 is 17.3 Å². The number of aryl methyl sites for hydroxylation is 2. The lowest BCUT2D eigenvalue weighted by atomic mass is 10.0. The number of nitro groups is 1. The lowest BCUT2D eigenvalue weighted by Crippen LogP contribution is -2.22. The van der Waals surface area contributed by atoms with Gasteiger partial charge in [0.1, 0.15) is 0 Å². The molecule has 2 aliphatic carbocycles. The molecule has 1 amide bonds. The summed E-state index contributed by atoms with van der Waals surface area (Å²) in [5.74, 6) is 1.72. The Morgan fingerprint density at radius 2 is 1.85 bits per heavy atom. The zero-order chi connectivity index (χ0) is 14.4. The second-order valence-corrected chi connectivity index (χ2v) is 6.12. The van der Waals surface area contributed by atoms with E-state index in [0.717, 1.165) is 30.2 Å². The number of rotatable bonds is 3. The molecule has 0 aliphatic heterocycles. The fourth-order valence-corrected chi connectivity index (χ4v) is 3.30. The van der Waals surface area contributed by atoms with Crippen LogP contribution >= 0.6 is 0 Å². The van der Waals surface area contributed by atoms with Gasteiger partial charge in [-0.3, -0.25) is 14.9 Å². The average molecular weight is 274 g/mol. The Morgan fingerprint density at radius 3 is 2.45 bits per heavy atom. The third-order valence-corrected chi connectivity index (χ3v) is 4.61. The molecule has 5 nitrogen and oxygen atoms in total. The molecule has 0 aromatic heterocycles. The zero-order valence-corrected chi connectivity index (χ0v) is 11.7. The predicted molar refractivity (Wildman–Crippen MR) is 75.5 cm³/mol. The Hall–Kier alpha value is -1.91. The van der Waals surface area contributed by atoms with Gasteiger partial charge in [-0.05, 0) is 56.6 Å². The van der Waals surface area contributed by atoms with Crippen LogP contribution in [0, 0.1) is 41.7 Å². The van der Waals surface area contributed by atoms with E-state index < -0.39 is 4.92 Å². The summed E-state index contributed by atoms with van der Waals surface area (Å²) in [6.45, 7) is 3.48. The topological polar surface area (TPSA) is 72.2 Å². The number of hydrogen-bond donors (Lipinski definition) is 1. The number of anilines is 1. The maximum Gasteiger partial charge on any atom is 0.272 e. The summed E-state index contributed by atoms with van der Waals surface area (Å²) in [4.78, 5) is 22.7. The molecule has 2 atom stereocenters. The first-order chi connectivity index (χ1) is 9.45. The molecule has 2 fully saturated rings. The molecule has 0 bridgehead atoms. The van der Waals surface area contributed by atoms with Crippen molar-refractivity contribution in [3.63, 3.8) is 0 Å². The van der Waals surface area contributed by atoms with Gasteiger partial charge >= 0.3 is 0 Å². The lowest BCUT2D eigenvalue weighted by Gasteiger charge is -2.14. The minimum absolute atomic E-state index is 0.0635. The number of fused-ring (bicyclic) bond motifs is 1. The molecular formula is C15H18N2O3. The van der Waals surface area contributed by atoms with E-state index in [1.165, 1.54) is 12.5 Å².